The molecule has 150 valence electrons. The molecule has 1 heterocycles. The van der Waals surface area contributed by atoms with Crippen LogP contribution in [-0.4, -0.2) is 16.9 Å². The van der Waals surface area contributed by atoms with Crippen LogP contribution in [0.4, 0.5) is 0 Å². The molecule has 3 atom stereocenters. The van der Waals surface area contributed by atoms with E-state index in [2.05, 4.69) is 31.5 Å². The molecular weight excluding hydrogens is 389 g/mol. The molecule has 2 aliphatic rings. The Morgan fingerprint density at radius 2 is 1.85 bits per heavy atom. The van der Waals surface area contributed by atoms with Crippen LogP contribution in [0.3, 0.4) is 0 Å². The summed E-state index contributed by atoms with van der Waals surface area (Å²) >= 11 is 1.64. The summed E-state index contributed by atoms with van der Waals surface area (Å²) in [6, 6.07) is 0.294. The summed E-state index contributed by atoms with van der Waals surface area (Å²) in [4.78, 5) is 17.5. The van der Waals surface area contributed by atoms with Crippen molar-refractivity contribution >= 4 is 42.1 Å². The Morgan fingerprint density at radius 3 is 2.35 bits per heavy atom. The lowest BCUT2D eigenvalue weighted by Gasteiger charge is -2.43. The number of rotatable bonds is 3. The number of amides is 1. The SMILES string of the molecule is CC(NC(=O)C1CC2CCCC(C1)C2N)c1nc(C(C)(C)C)cs1.Cl.Cl. The van der Waals surface area contributed by atoms with E-state index in [1.54, 1.807) is 11.3 Å². The number of nitrogens with zero attached hydrogens (tertiary/aromatic N) is 1. The van der Waals surface area contributed by atoms with Gasteiger partial charge in [0.2, 0.25) is 5.91 Å². The second-order valence-corrected chi connectivity index (χ2v) is 9.64. The number of aromatic nitrogens is 1. The fourth-order valence-corrected chi connectivity index (χ4v) is 5.28. The van der Waals surface area contributed by atoms with Crippen LogP contribution in [0.15, 0.2) is 5.38 Å². The van der Waals surface area contributed by atoms with Crippen molar-refractivity contribution in [3.05, 3.63) is 16.1 Å². The van der Waals surface area contributed by atoms with Crippen molar-refractivity contribution < 1.29 is 4.79 Å². The van der Waals surface area contributed by atoms with E-state index in [-0.39, 0.29) is 48.1 Å². The van der Waals surface area contributed by atoms with Gasteiger partial charge in [-0.05, 0) is 44.4 Å². The van der Waals surface area contributed by atoms with Gasteiger partial charge in [0.05, 0.1) is 11.7 Å². The normalized spacial score (nSPS) is 29.1. The number of thiazole rings is 1. The van der Waals surface area contributed by atoms with E-state index >= 15 is 0 Å². The van der Waals surface area contributed by atoms with Crippen molar-refractivity contribution in [3.8, 4) is 0 Å². The van der Waals surface area contributed by atoms with Gasteiger partial charge >= 0.3 is 0 Å². The molecule has 3 unspecified atom stereocenters. The maximum atomic E-state index is 12.7. The van der Waals surface area contributed by atoms with E-state index in [9.17, 15) is 4.79 Å². The number of carbonyl (C=O) groups is 1. The summed E-state index contributed by atoms with van der Waals surface area (Å²) < 4.78 is 0. The topological polar surface area (TPSA) is 68.0 Å². The second-order valence-electron chi connectivity index (χ2n) is 8.75. The molecule has 2 fully saturated rings. The zero-order chi connectivity index (χ0) is 17.5. The molecular formula is C19H33Cl2N3OS. The van der Waals surface area contributed by atoms with Crippen molar-refractivity contribution in [2.75, 3.05) is 0 Å². The number of nitrogens with one attached hydrogen (secondary N) is 1. The highest BCUT2D eigenvalue weighted by Crippen LogP contribution is 2.42. The first-order valence-corrected chi connectivity index (χ1v) is 10.2. The summed E-state index contributed by atoms with van der Waals surface area (Å²) in [6.07, 6.45) is 5.59. The zero-order valence-corrected chi connectivity index (χ0v) is 18.6. The third-order valence-electron chi connectivity index (χ3n) is 5.80. The second kappa shape index (κ2) is 9.22. The molecule has 7 heteroatoms. The highest BCUT2D eigenvalue weighted by molar-refractivity contribution is 7.09. The Morgan fingerprint density at radius 1 is 1.27 bits per heavy atom. The summed E-state index contributed by atoms with van der Waals surface area (Å²) in [5.41, 5.74) is 7.49. The van der Waals surface area contributed by atoms with Crippen LogP contribution in [0, 0.1) is 17.8 Å². The van der Waals surface area contributed by atoms with E-state index in [0.29, 0.717) is 17.9 Å². The fourth-order valence-electron chi connectivity index (χ4n) is 4.23. The molecule has 26 heavy (non-hydrogen) atoms. The van der Waals surface area contributed by atoms with E-state index in [1.165, 1.54) is 19.3 Å². The average Bonchev–Trinajstić information content (AvgIpc) is 2.96. The van der Waals surface area contributed by atoms with Crippen LogP contribution in [0.2, 0.25) is 0 Å². The Hall–Kier alpha value is -0.360. The van der Waals surface area contributed by atoms with Gasteiger partial charge in [0.15, 0.2) is 0 Å². The monoisotopic (exact) mass is 421 g/mol. The van der Waals surface area contributed by atoms with Crippen molar-refractivity contribution in [1.82, 2.24) is 10.3 Å². The molecule has 3 rings (SSSR count). The summed E-state index contributed by atoms with van der Waals surface area (Å²) in [5, 5.41) is 6.32. The number of halogens is 2. The molecule has 0 saturated heterocycles. The van der Waals surface area contributed by atoms with Gasteiger partial charge in [0.25, 0.3) is 0 Å². The predicted octanol–water partition coefficient (Wildman–Crippen LogP) is 4.62. The van der Waals surface area contributed by atoms with E-state index < -0.39 is 0 Å². The first-order valence-electron chi connectivity index (χ1n) is 9.27. The first kappa shape index (κ1) is 23.7. The zero-order valence-electron chi connectivity index (χ0n) is 16.2. The minimum Gasteiger partial charge on any atom is -0.347 e. The molecule has 2 saturated carbocycles. The van der Waals surface area contributed by atoms with Crippen LogP contribution in [-0.2, 0) is 10.2 Å². The number of hydrogen-bond donors (Lipinski definition) is 2. The molecule has 0 aromatic carbocycles. The van der Waals surface area contributed by atoms with Crippen molar-refractivity contribution in [2.45, 2.75) is 77.3 Å². The molecule has 1 amide bonds. The largest absolute Gasteiger partial charge is 0.347 e. The van der Waals surface area contributed by atoms with E-state index in [0.717, 1.165) is 23.5 Å². The minimum absolute atomic E-state index is 0. The average molecular weight is 422 g/mol. The molecule has 0 aliphatic heterocycles. The quantitative estimate of drug-likeness (QED) is 0.747. The highest BCUT2D eigenvalue weighted by Gasteiger charge is 2.40. The molecule has 2 aliphatic carbocycles. The molecule has 1 aromatic heterocycles. The molecule has 0 spiro atoms. The Balaban J connectivity index is 0.00000169. The van der Waals surface area contributed by atoms with Gasteiger partial charge in [0, 0.05) is 22.8 Å². The smallest absolute Gasteiger partial charge is 0.223 e. The molecule has 4 nitrogen and oxygen atoms in total. The maximum absolute atomic E-state index is 12.7. The molecule has 2 bridgehead atoms. The Labute approximate surface area is 173 Å². The summed E-state index contributed by atoms with van der Waals surface area (Å²) in [6.45, 7) is 8.54. The number of carbonyl (C=O) groups excluding carboxylic acids is 1. The third kappa shape index (κ3) is 5.12. The van der Waals surface area contributed by atoms with Gasteiger partial charge in [-0.1, -0.05) is 27.2 Å². The van der Waals surface area contributed by atoms with Gasteiger partial charge in [-0.3, -0.25) is 4.79 Å². The van der Waals surface area contributed by atoms with E-state index in [1.807, 2.05) is 6.92 Å². The van der Waals surface area contributed by atoms with Crippen molar-refractivity contribution in [3.63, 3.8) is 0 Å². The summed E-state index contributed by atoms with van der Waals surface area (Å²) in [5.74, 6) is 1.40. The third-order valence-corrected chi connectivity index (χ3v) is 6.83. The lowest BCUT2D eigenvalue weighted by molar-refractivity contribution is -0.128. The maximum Gasteiger partial charge on any atom is 0.223 e. The Kier molecular flexibility index (Phi) is 8.40. The van der Waals surface area contributed by atoms with E-state index in [4.69, 9.17) is 10.7 Å². The van der Waals surface area contributed by atoms with Crippen LogP contribution in [0.5, 0.6) is 0 Å². The Bertz CT molecular complexity index is 588. The van der Waals surface area contributed by atoms with Crippen LogP contribution in [0.25, 0.3) is 0 Å². The van der Waals surface area contributed by atoms with Gasteiger partial charge in [-0.2, -0.15) is 0 Å². The molecule has 3 N–H and O–H groups in total. The lowest BCUT2D eigenvalue weighted by Crippen LogP contribution is -2.49. The standard InChI is InChI=1S/C19H31N3OS.2ClH/c1-11(18-22-15(10-24-18)19(2,3)4)21-17(23)14-8-12-6-5-7-13(9-14)16(12)20;;/h10-14,16H,5-9,20H2,1-4H3,(H,21,23);2*1H. The van der Waals surface area contributed by atoms with Crippen LogP contribution < -0.4 is 11.1 Å². The number of hydrogen-bond acceptors (Lipinski definition) is 4. The minimum atomic E-state index is -0.0194. The molecule has 0 radical (unpaired) electrons. The van der Waals surface area contributed by atoms with Gasteiger partial charge in [-0.15, -0.1) is 36.2 Å². The molecule has 1 aromatic rings. The number of nitrogens with two attached hydrogens (primary N) is 1. The fraction of sp³-hybridized carbons (Fsp3) is 0.789. The predicted molar refractivity (Wildman–Crippen MR) is 113 cm³/mol. The van der Waals surface area contributed by atoms with Crippen molar-refractivity contribution in [2.24, 2.45) is 23.5 Å². The van der Waals surface area contributed by atoms with Gasteiger partial charge in [-0.25, -0.2) is 4.98 Å². The summed E-state index contributed by atoms with van der Waals surface area (Å²) in [7, 11) is 0. The van der Waals surface area contributed by atoms with Gasteiger partial charge < -0.3 is 11.1 Å². The van der Waals surface area contributed by atoms with Crippen LogP contribution >= 0.6 is 36.2 Å². The number of fused-ring (bicyclic) bond motifs is 2. The van der Waals surface area contributed by atoms with Crippen LogP contribution in [0.1, 0.15) is 76.5 Å². The first-order chi connectivity index (χ1) is 11.3. The highest BCUT2D eigenvalue weighted by atomic mass is 35.5. The van der Waals surface area contributed by atoms with Crippen molar-refractivity contribution in [1.29, 1.82) is 0 Å². The lowest BCUT2D eigenvalue weighted by atomic mass is 9.65. The van der Waals surface area contributed by atoms with Gasteiger partial charge in [0.1, 0.15) is 5.01 Å².